The summed E-state index contributed by atoms with van der Waals surface area (Å²) < 4.78 is 0. The molecule has 0 radical (unpaired) electrons. The van der Waals surface area contributed by atoms with Crippen LogP contribution in [0, 0.1) is 0 Å². The first-order chi connectivity index (χ1) is 9.25. The maximum Gasteiger partial charge on any atom is 0.239 e. The molecule has 0 bridgehead atoms. The fourth-order valence-corrected chi connectivity index (χ4v) is 4.06. The van der Waals surface area contributed by atoms with Crippen molar-refractivity contribution in [2.75, 3.05) is 18.8 Å². The van der Waals surface area contributed by atoms with Crippen molar-refractivity contribution in [3.05, 3.63) is 29.8 Å². The molecule has 4 heteroatoms. The van der Waals surface area contributed by atoms with Gasteiger partial charge in [-0.05, 0) is 31.4 Å². The van der Waals surface area contributed by atoms with Crippen LogP contribution >= 0.6 is 11.8 Å². The van der Waals surface area contributed by atoms with E-state index in [2.05, 4.69) is 29.6 Å². The molecule has 2 atom stereocenters. The van der Waals surface area contributed by atoms with Gasteiger partial charge in [0.2, 0.25) is 5.91 Å². The number of carbonyl (C=O) groups is 1. The lowest BCUT2D eigenvalue weighted by molar-refractivity contribution is -0.132. The van der Waals surface area contributed by atoms with Gasteiger partial charge in [0.25, 0.3) is 0 Å². The summed E-state index contributed by atoms with van der Waals surface area (Å²) in [6, 6.07) is 8.70. The van der Waals surface area contributed by atoms with Crippen LogP contribution in [0.15, 0.2) is 29.2 Å². The molecular weight excluding hydrogens is 256 g/mol. The fraction of sp³-hybridized carbons (Fsp3) is 0.533. The first-order valence-electron chi connectivity index (χ1n) is 7.02. The molecule has 1 saturated heterocycles. The molecule has 0 spiro atoms. The van der Waals surface area contributed by atoms with Crippen molar-refractivity contribution >= 4 is 17.7 Å². The molecule has 0 aliphatic carbocycles. The summed E-state index contributed by atoms with van der Waals surface area (Å²) in [6.07, 6.45) is 2.31. The number of rotatable bonds is 3. The number of carbonyl (C=O) groups excluding carboxylic acids is 1. The van der Waals surface area contributed by atoms with Gasteiger partial charge in [-0.3, -0.25) is 10.1 Å². The molecule has 19 heavy (non-hydrogen) atoms. The highest BCUT2D eigenvalue weighted by Crippen LogP contribution is 2.37. The van der Waals surface area contributed by atoms with E-state index in [0.717, 1.165) is 31.7 Å². The highest BCUT2D eigenvalue weighted by Gasteiger charge is 2.28. The van der Waals surface area contributed by atoms with Crippen LogP contribution in [-0.4, -0.2) is 35.7 Å². The Hall–Kier alpha value is -1.00. The van der Waals surface area contributed by atoms with E-state index in [0.29, 0.717) is 6.04 Å². The summed E-state index contributed by atoms with van der Waals surface area (Å²) in [5.41, 5.74) is 1.34. The maximum atomic E-state index is 12.3. The number of hydrogen-bond acceptors (Lipinski definition) is 3. The minimum atomic E-state index is -0.0881. The molecule has 3 rings (SSSR count). The maximum absolute atomic E-state index is 12.3. The van der Waals surface area contributed by atoms with Gasteiger partial charge in [0.1, 0.15) is 0 Å². The Morgan fingerprint density at radius 3 is 2.89 bits per heavy atom. The lowest BCUT2D eigenvalue weighted by Crippen LogP contribution is -2.45. The number of benzene rings is 1. The highest BCUT2D eigenvalue weighted by molar-refractivity contribution is 7.99. The van der Waals surface area contributed by atoms with Crippen LogP contribution in [0.5, 0.6) is 0 Å². The standard InChI is InChI=1S/C15H20N2OS/c1-11(15(18)17-8-4-5-9-17)16-13-10-19-14-7-3-2-6-12(13)14/h2-3,6-7,11,13,16H,4-5,8-10H2,1H3. The van der Waals surface area contributed by atoms with E-state index in [1.165, 1.54) is 10.5 Å². The number of likely N-dealkylation sites (tertiary alicyclic amines) is 1. The number of hydrogen-bond donors (Lipinski definition) is 1. The molecule has 0 saturated carbocycles. The molecule has 1 aromatic rings. The summed E-state index contributed by atoms with van der Waals surface area (Å²) >= 11 is 1.87. The third kappa shape index (κ3) is 2.65. The quantitative estimate of drug-likeness (QED) is 0.920. The zero-order valence-corrected chi connectivity index (χ0v) is 12.1. The van der Waals surface area contributed by atoms with Crippen molar-refractivity contribution in [1.82, 2.24) is 10.2 Å². The Labute approximate surface area is 118 Å². The zero-order valence-electron chi connectivity index (χ0n) is 11.3. The van der Waals surface area contributed by atoms with E-state index >= 15 is 0 Å². The van der Waals surface area contributed by atoms with Gasteiger partial charge in [0.15, 0.2) is 0 Å². The van der Waals surface area contributed by atoms with Crippen molar-refractivity contribution in [2.24, 2.45) is 0 Å². The minimum absolute atomic E-state index is 0.0881. The van der Waals surface area contributed by atoms with Gasteiger partial charge in [-0.2, -0.15) is 0 Å². The third-order valence-corrected chi connectivity index (χ3v) is 5.12. The van der Waals surface area contributed by atoms with E-state index in [4.69, 9.17) is 0 Å². The Bertz CT molecular complexity index is 471. The van der Waals surface area contributed by atoms with Crippen LogP contribution in [0.1, 0.15) is 31.4 Å². The highest BCUT2D eigenvalue weighted by atomic mass is 32.2. The number of thioether (sulfide) groups is 1. The monoisotopic (exact) mass is 276 g/mol. The summed E-state index contributed by atoms with van der Waals surface area (Å²) in [7, 11) is 0. The van der Waals surface area contributed by atoms with Crippen molar-refractivity contribution in [1.29, 1.82) is 0 Å². The summed E-state index contributed by atoms with van der Waals surface area (Å²) in [4.78, 5) is 15.6. The molecule has 2 heterocycles. The first kappa shape index (κ1) is 13.0. The molecule has 2 aliphatic rings. The van der Waals surface area contributed by atoms with Gasteiger partial charge >= 0.3 is 0 Å². The summed E-state index contributed by atoms with van der Waals surface area (Å²) in [5.74, 6) is 1.28. The summed E-state index contributed by atoms with van der Waals surface area (Å²) in [5, 5.41) is 3.50. The average molecular weight is 276 g/mol. The second-order valence-electron chi connectivity index (χ2n) is 5.32. The molecule has 2 unspecified atom stereocenters. The van der Waals surface area contributed by atoms with Gasteiger partial charge in [0.05, 0.1) is 6.04 Å². The van der Waals surface area contributed by atoms with E-state index in [-0.39, 0.29) is 11.9 Å². The summed E-state index contributed by atoms with van der Waals surface area (Å²) in [6.45, 7) is 3.86. The molecule has 0 aromatic heterocycles. The van der Waals surface area contributed by atoms with Gasteiger partial charge in [-0.15, -0.1) is 11.8 Å². The number of amides is 1. The third-order valence-electron chi connectivity index (χ3n) is 3.94. The first-order valence-corrected chi connectivity index (χ1v) is 8.01. The van der Waals surface area contributed by atoms with Crippen molar-refractivity contribution in [2.45, 2.75) is 36.7 Å². The van der Waals surface area contributed by atoms with Crippen molar-refractivity contribution < 1.29 is 4.79 Å². The van der Waals surface area contributed by atoms with Gasteiger partial charge < -0.3 is 4.90 Å². The number of nitrogens with zero attached hydrogens (tertiary/aromatic N) is 1. The lowest BCUT2D eigenvalue weighted by atomic mass is 10.1. The van der Waals surface area contributed by atoms with Crippen LogP contribution in [-0.2, 0) is 4.79 Å². The lowest BCUT2D eigenvalue weighted by Gasteiger charge is -2.24. The Kier molecular flexibility index (Phi) is 3.80. The number of fused-ring (bicyclic) bond motifs is 1. The Morgan fingerprint density at radius 1 is 1.37 bits per heavy atom. The molecule has 102 valence electrons. The van der Waals surface area contributed by atoms with Crippen LogP contribution in [0.4, 0.5) is 0 Å². The predicted molar refractivity (Wildman–Crippen MR) is 78.3 cm³/mol. The number of nitrogens with one attached hydrogen (secondary N) is 1. The Balaban J connectivity index is 1.64. The second-order valence-corrected chi connectivity index (χ2v) is 6.38. The molecule has 1 N–H and O–H groups in total. The van der Waals surface area contributed by atoms with Gasteiger partial charge in [-0.1, -0.05) is 18.2 Å². The van der Waals surface area contributed by atoms with Crippen LogP contribution < -0.4 is 5.32 Å². The van der Waals surface area contributed by atoms with E-state index in [1.54, 1.807) is 0 Å². The molecule has 1 aromatic carbocycles. The van der Waals surface area contributed by atoms with Crippen LogP contribution in [0.2, 0.25) is 0 Å². The van der Waals surface area contributed by atoms with E-state index < -0.39 is 0 Å². The normalized spacial score (nSPS) is 23.4. The Morgan fingerprint density at radius 2 is 2.11 bits per heavy atom. The molecule has 3 nitrogen and oxygen atoms in total. The second kappa shape index (κ2) is 5.55. The molecule has 1 amide bonds. The molecule has 2 aliphatic heterocycles. The van der Waals surface area contributed by atoms with Crippen LogP contribution in [0.25, 0.3) is 0 Å². The fourth-order valence-electron chi connectivity index (χ4n) is 2.89. The molecule has 1 fully saturated rings. The topological polar surface area (TPSA) is 32.3 Å². The van der Waals surface area contributed by atoms with Crippen LogP contribution in [0.3, 0.4) is 0 Å². The van der Waals surface area contributed by atoms with Crippen molar-refractivity contribution in [3.63, 3.8) is 0 Å². The van der Waals surface area contributed by atoms with E-state index in [1.807, 2.05) is 23.6 Å². The van der Waals surface area contributed by atoms with E-state index in [9.17, 15) is 4.79 Å². The SMILES string of the molecule is CC(NC1CSc2ccccc21)C(=O)N1CCCC1. The van der Waals surface area contributed by atoms with Gasteiger partial charge in [-0.25, -0.2) is 0 Å². The zero-order chi connectivity index (χ0) is 13.2. The van der Waals surface area contributed by atoms with Gasteiger partial charge in [0, 0.05) is 29.8 Å². The largest absolute Gasteiger partial charge is 0.341 e. The smallest absolute Gasteiger partial charge is 0.239 e. The van der Waals surface area contributed by atoms with Crippen molar-refractivity contribution in [3.8, 4) is 0 Å². The average Bonchev–Trinajstić information content (AvgIpc) is 3.08. The minimum Gasteiger partial charge on any atom is -0.341 e. The molecular formula is C15H20N2OS. The predicted octanol–water partition coefficient (Wildman–Crippen LogP) is 2.43.